The molecule has 3 aromatic rings. The highest BCUT2D eigenvalue weighted by Gasteiger charge is 2.34. The Labute approximate surface area is 244 Å². The molecule has 1 N–H and O–H groups in total. The minimum atomic E-state index is -0.494. The van der Waals surface area contributed by atoms with Crippen molar-refractivity contribution in [3.8, 4) is 6.07 Å². The molecule has 2 aliphatic heterocycles. The zero-order valence-electron chi connectivity index (χ0n) is 23.4. The van der Waals surface area contributed by atoms with Gasteiger partial charge in [0.05, 0.1) is 35.5 Å². The Bertz CT molecular complexity index is 1440. The van der Waals surface area contributed by atoms with Crippen molar-refractivity contribution < 1.29 is 13.9 Å². The van der Waals surface area contributed by atoms with E-state index in [0.29, 0.717) is 53.0 Å². The largest absolute Gasteiger partial charge is 0.383 e. The van der Waals surface area contributed by atoms with Gasteiger partial charge in [0.1, 0.15) is 11.6 Å². The molecule has 2 fully saturated rings. The average molecular weight is 580 g/mol. The van der Waals surface area contributed by atoms with E-state index in [-0.39, 0.29) is 23.7 Å². The smallest absolute Gasteiger partial charge is 0.239 e. The van der Waals surface area contributed by atoms with Gasteiger partial charge >= 0.3 is 0 Å². The fraction of sp³-hybridized carbons (Fsp3) is 0.467. The number of nitrogens with zero attached hydrogens (tertiary/aromatic N) is 6. The Morgan fingerprint density at radius 3 is 2.71 bits per heavy atom. The SMILES string of the molecule is COCCN1CCCCC1C(=O)N(C)C1CCN(c2nc(Nc3ccc(Cl)cc3F)c3ccc(C#N)cc3n2)CC1. The summed E-state index contributed by atoms with van der Waals surface area (Å²) in [6, 6.07) is 11.8. The third-order valence-corrected chi connectivity index (χ3v) is 8.36. The number of likely N-dealkylation sites (tertiary alicyclic amines) is 1. The number of carbonyl (C=O) groups excluding carboxylic acids is 1. The molecule has 1 aromatic heterocycles. The highest BCUT2D eigenvalue weighted by Crippen LogP contribution is 2.31. The summed E-state index contributed by atoms with van der Waals surface area (Å²) in [6.07, 6.45) is 4.61. The summed E-state index contributed by atoms with van der Waals surface area (Å²) in [7, 11) is 3.61. The number of hydrogen-bond acceptors (Lipinski definition) is 8. The Hall–Kier alpha value is -3.52. The predicted octanol–water partition coefficient (Wildman–Crippen LogP) is 4.97. The third kappa shape index (κ3) is 6.53. The molecule has 216 valence electrons. The van der Waals surface area contributed by atoms with Gasteiger partial charge in [-0.15, -0.1) is 0 Å². The van der Waals surface area contributed by atoms with Crippen molar-refractivity contribution in [3.63, 3.8) is 0 Å². The predicted molar refractivity (Wildman–Crippen MR) is 158 cm³/mol. The van der Waals surface area contributed by atoms with Crippen LogP contribution in [0.2, 0.25) is 5.02 Å². The number of benzene rings is 2. The standard InChI is InChI=1S/C30H35ClFN7O2/c1-37(29(40)27-5-3-4-12-38(27)15-16-41-2)22-10-13-39(14-11-22)30-35-26-17-20(19-33)6-8-23(26)28(36-30)34-25-9-7-21(31)18-24(25)32/h6-9,17-18,22,27H,3-5,10-16H2,1-2H3,(H,34,35,36). The molecule has 0 radical (unpaired) electrons. The number of fused-ring (bicyclic) bond motifs is 1. The third-order valence-electron chi connectivity index (χ3n) is 8.12. The van der Waals surface area contributed by atoms with Crippen LogP contribution in [0.15, 0.2) is 36.4 Å². The lowest BCUT2D eigenvalue weighted by molar-refractivity contribution is -0.139. The fourth-order valence-electron chi connectivity index (χ4n) is 5.76. The molecule has 2 aromatic carbocycles. The van der Waals surface area contributed by atoms with E-state index in [1.807, 2.05) is 11.9 Å². The van der Waals surface area contributed by atoms with Gasteiger partial charge in [0.15, 0.2) is 0 Å². The van der Waals surface area contributed by atoms with Crippen molar-refractivity contribution in [1.82, 2.24) is 19.8 Å². The Morgan fingerprint density at radius 2 is 1.98 bits per heavy atom. The Morgan fingerprint density at radius 1 is 1.17 bits per heavy atom. The highest BCUT2D eigenvalue weighted by molar-refractivity contribution is 6.30. The number of rotatable bonds is 8. The first-order valence-corrected chi connectivity index (χ1v) is 14.4. The van der Waals surface area contributed by atoms with Crippen molar-refractivity contribution in [2.45, 2.75) is 44.2 Å². The number of ether oxygens (including phenoxy) is 1. The average Bonchev–Trinajstić information content (AvgIpc) is 3.00. The molecule has 3 heterocycles. The normalized spacial score (nSPS) is 18.3. The molecule has 11 heteroatoms. The van der Waals surface area contributed by atoms with E-state index in [2.05, 4.69) is 21.2 Å². The molecule has 1 unspecified atom stereocenters. The van der Waals surface area contributed by atoms with Crippen LogP contribution in [-0.2, 0) is 9.53 Å². The first kappa shape index (κ1) is 29.0. The van der Waals surface area contributed by atoms with Gasteiger partial charge < -0.3 is 19.9 Å². The van der Waals surface area contributed by atoms with Gasteiger partial charge in [-0.25, -0.2) is 9.37 Å². The number of hydrogen-bond donors (Lipinski definition) is 1. The van der Waals surface area contributed by atoms with E-state index < -0.39 is 5.82 Å². The van der Waals surface area contributed by atoms with Gasteiger partial charge in [-0.1, -0.05) is 18.0 Å². The zero-order chi connectivity index (χ0) is 28.9. The molecule has 0 aliphatic carbocycles. The summed E-state index contributed by atoms with van der Waals surface area (Å²) in [6.45, 7) is 3.64. The number of anilines is 3. The molecular weight excluding hydrogens is 545 g/mol. The number of piperidine rings is 2. The second-order valence-electron chi connectivity index (χ2n) is 10.7. The van der Waals surface area contributed by atoms with Crippen LogP contribution in [0.3, 0.4) is 0 Å². The van der Waals surface area contributed by atoms with E-state index in [0.717, 1.165) is 45.2 Å². The molecule has 0 saturated carbocycles. The van der Waals surface area contributed by atoms with Crippen molar-refractivity contribution in [2.75, 3.05) is 57.2 Å². The summed E-state index contributed by atoms with van der Waals surface area (Å²) in [5, 5.41) is 13.5. The van der Waals surface area contributed by atoms with E-state index in [1.165, 1.54) is 6.07 Å². The number of methoxy groups -OCH3 is 1. The second kappa shape index (κ2) is 13.0. The molecule has 0 bridgehead atoms. The van der Waals surface area contributed by atoms with Crippen LogP contribution in [0.25, 0.3) is 10.9 Å². The summed E-state index contributed by atoms with van der Waals surface area (Å²) < 4.78 is 19.9. The van der Waals surface area contributed by atoms with Crippen molar-refractivity contribution >= 4 is 45.9 Å². The first-order valence-electron chi connectivity index (χ1n) is 14.1. The second-order valence-corrected chi connectivity index (χ2v) is 11.1. The van der Waals surface area contributed by atoms with Gasteiger partial charge in [0.25, 0.3) is 0 Å². The van der Waals surface area contributed by atoms with E-state index in [1.54, 1.807) is 37.4 Å². The maximum Gasteiger partial charge on any atom is 0.239 e. The maximum atomic E-state index is 14.6. The van der Waals surface area contributed by atoms with Gasteiger partial charge in [-0.2, -0.15) is 10.2 Å². The van der Waals surface area contributed by atoms with Crippen molar-refractivity contribution in [2.24, 2.45) is 0 Å². The van der Waals surface area contributed by atoms with Gasteiger partial charge in [0.2, 0.25) is 11.9 Å². The number of halogens is 2. The van der Waals surface area contributed by atoms with Gasteiger partial charge in [-0.05, 0) is 68.6 Å². The number of carbonyl (C=O) groups is 1. The topological polar surface area (TPSA) is 97.6 Å². The van der Waals surface area contributed by atoms with Crippen molar-refractivity contribution in [1.29, 1.82) is 5.26 Å². The monoisotopic (exact) mass is 579 g/mol. The molecule has 5 rings (SSSR count). The molecule has 1 atom stereocenters. The number of nitrogens with one attached hydrogen (secondary N) is 1. The fourth-order valence-corrected chi connectivity index (χ4v) is 5.92. The maximum absolute atomic E-state index is 14.6. The molecular formula is C30H35ClFN7O2. The molecule has 9 nitrogen and oxygen atoms in total. The van der Waals surface area contributed by atoms with Crippen molar-refractivity contribution in [3.05, 3.63) is 52.8 Å². The minimum Gasteiger partial charge on any atom is -0.383 e. The van der Waals surface area contributed by atoms with Crippen LogP contribution in [-0.4, -0.2) is 84.7 Å². The summed E-state index contributed by atoms with van der Waals surface area (Å²) >= 11 is 5.94. The van der Waals surface area contributed by atoms with Crippen LogP contribution in [0, 0.1) is 17.1 Å². The summed E-state index contributed by atoms with van der Waals surface area (Å²) in [5.41, 5.74) is 1.31. The van der Waals surface area contributed by atoms with Gasteiger partial charge in [0, 0.05) is 50.2 Å². The zero-order valence-corrected chi connectivity index (χ0v) is 24.2. The molecule has 2 aliphatic rings. The van der Waals surface area contributed by atoms with E-state index in [9.17, 15) is 14.4 Å². The number of amides is 1. The minimum absolute atomic E-state index is 0.0954. The summed E-state index contributed by atoms with van der Waals surface area (Å²) in [5.74, 6) is 0.627. The lowest BCUT2D eigenvalue weighted by Crippen LogP contribution is -2.54. The van der Waals surface area contributed by atoms with Gasteiger partial charge in [-0.3, -0.25) is 9.69 Å². The van der Waals surface area contributed by atoms with Crippen LogP contribution < -0.4 is 10.2 Å². The molecule has 0 spiro atoms. The first-order chi connectivity index (χ1) is 19.9. The Kier molecular flexibility index (Phi) is 9.18. The lowest BCUT2D eigenvalue weighted by atomic mass is 9.98. The Balaban J connectivity index is 1.33. The summed E-state index contributed by atoms with van der Waals surface area (Å²) in [4.78, 5) is 29.4. The van der Waals surface area contributed by atoms with Crippen LogP contribution in [0.1, 0.15) is 37.7 Å². The number of aromatic nitrogens is 2. The van der Waals surface area contributed by atoms with Crippen LogP contribution in [0.5, 0.6) is 0 Å². The van der Waals surface area contributed by atoms with Crippen LogP contribution >= 0.6 is 11.6 Å². The quantitative estimate of drug-likeness (QED) is 0.400. The van der Waals surface area contributed by atoms with E-state index in [4.69, 9.17) is 26.3 Å². The number of likely N-dealkylation sites (N-methyl/N-ethyl adjacent to an activating group) is 1. The number of nitriles is 1. The van der Waals surface area contributed by atoms with E-state index >= 15 is 0 Å². The lowest BCUT2D eigenvalue weighted by Gasteiger charge is -2.41. The molecule has 2 saturated heterocycles. The molecule has 1 amide bonds. The van der Waals surface area contributed by atoms with Crippen LogP contribution in [0.4, 0.5) is 21.8 Å². The molecule has 41 heavy (non-hydrogen) atoms. The highest BCUT2D eigenvalue weighted by atomic mass is 35.5.